The zero-order chi connectivity index (χ0) is 14.9. The minimum absolute atomic E-state index is 0.186. The van der Waals surface area contributed by atoms with E-state index < -0.39 is 17.9 Å². The summed E-state index contributed by atoms with van der Waals surface area (Å²) in [5, 5.41) is 16.0. The van der Waals surface area contributed by atoms with Crippen LogP contribution in [-0.4, -0.2) is 31.7 Å². The van der Waals surface area contributed by atoms with Gasteiger partial charge in [0.1, 0.15) is 11.7 Å². The summed E-state index contributed by atoms with van der Waals surface area (Å²) in [7, 11) is 0. The summed E-state index contributed by atoms with van der Waals surface area (Å²) in [4.78, 5) is 28.4. The summed E-state index contributed by atoms with van der Waals surface area (Å²) in [6.45, 7) is 5.24. The molecule has 1 unspecified atom stereocenters. The van der Waals surface area contributed by atoms with Crippen LogP contribution in [0.25, 0.3) is 0 Å². The number of hydrogen-bond acceptors (Lipinski definition) is 5. The average Bonchev–Trinajstić information content (AvgIpc) is 2.96. The van der Waals surface area contributed by atoms with Crippen LogP contribution in [0.15, 0.2) is 12.3 Å². The third-order valence-electron chi connectivity index (χ3n) is 2.88. The Morgan fingerprint density at radius 2 is 2.15 bits per heavy atom. The van der Waals surface area contributed by atoms with Crippen LogP contribution < -0.4 is 5.32 Å². The predicted molar refractivity (Wildman–Crippen MR) is 74.1 cm³/mol. The van der Waals surface area contributed by atoms with Crippen LogP contribution in [-0.2, 0) is 4.79 Å². The first-order valence-electron chi connectivity index (χ1n) is 5.92. The van der Waals surface area contributed by atoms with Gasteiger partial charge in [-0.15, -0.1) is 11.3 Å². The summed E-state index contributed by atoms with van der Waals surface area (Å²) in [6.07, 6.45) is 1.40. The van der Waals surface area contributed by atoms with Crippen LogP contribution in [0, 0.1) is 13.8 Å². The molecule has 2 aromatic rings. The van der Waals surface area contributed by atoms with E-state index in [0.29, 0.717) is 5.13 Å². The van der Waals surface area contributed by atoms with Crippen molar-refractivity contribution >= 4 is 28.3 Å². The molecular formula is C12H14N4O3S. The number of nitrogens with zero attached hydrogens (tertiary/aromatic N) is 3. The fraction of sp³-hybridized carbons (Fsp3) is 0.333. The number of aromatic nitrogens is 3. The zero-order valence-corrected chi connectivity index (χ0v) is 12.1. The maximum Gasteiger partial charge on any atom is 0.328 e. The molecule has 7 nitrogen and oxygen atoms in total. The molecule has 2 heterocycles. The van der Waals surface area contributed by atoms with Crippen LogP contribution >= 0.6 is 11.3 Å². The van der Waals surface area contributed by atoms with Gasteiger partial charge in [0.2, 0.25) is 0 Å². The van der Waals surface area contributed by atoms with E-state index in [1.807, 2.05) is 13.8 Å². The first-order valence-corrected chi connectivity index (χ1v) is 6.73. The molecule has 0 saturated carbocycles. The van der Waals surface area contributed by atoms with Crippen LogP contribution in [0.4, 0.5) is 5.13 Å². The lowest BCUT2D eigenvalue weighted by atomic mass is 10.3. The largest absolute Gasteiger partial charge is 0.480 e. The molecule has 106 valence electrons. The normalized spacial score (nSPS) is 12.2. The summed E-state index contributed by atoms with van der Waals surface area (Å²) in [5.74, 6) is -1.48. The van der Waals surface area contributed by atoms with E-state index in [4.69, 9.17) is 5.11 Å². The summed E-state index contributed by atoms with van der Waals surface area (Å²) in [5.41, 5.74) is 1.04. The van der Waals surface area contributed by atoms with E-state index in [1.54, 1.807) is 0 Å². The van der Waals surface area contributed by atoms with Crippen molar-refractivity contribution in [2.24, 2.45) is 0 Å². The summed E-state index contributed by atoms with van der Waals surface area (Å²) in [6, 6.07) is 0.563. The summed E-state index contributed by atoms with van der Waals surface area (Å²) >= 11 is 1.37. The standard InChI is InChI=1S/C12H14N4O3S/c1-6-8(3)20-12(14-6)15-10(17)9-4-5-13-16(9)7(2)11(18)19/h4-5,7H,1-3H3,(H,18,19)(H,14,15,17). The molecule has 0 fully saturated rings. The Kier molecular flexibility index (Phi) is 3.84. The molecule has 0 saturated heterocycles. The lowest BCUT2D eigenvalue weighted by Crippen LogP contribution is -2.24. The number of hydrogen-bond donors (Lipinski definition) is 2. The maximum absolute atomic E-state index is 12.1. The molecule has 1 atom stereocenters. The molecule has 0 aliphatic heterocycles. The lowest BCUT2D eigenvalue weighted by molar-refractivity contribution is -0.140. The van der Waals surface area contributed by atoms with E-state index >= 15 is 0 Å². The van der Waals surface area contributed by atoms with Crippen LogP contribution in [0.1, 0.15) is 34.0 Å². The van der Waals surface area contributed by atoms with Crippen LogP contribution in [0.2, 0.25) is 0 Å². The molecule has 2 N–H and O–H groups in total. The Labute approximate surface area is 119 Å². The molecule has 8 heteroatoms. The molecule has 0 aliphatic carbocycles. The van der Waals surface area contributed by atoms with Crippen LogP contribution in [0.3, 0.4) is 0 Å². The van der Waals surface area contributed by atoms with Crippen molar-refractivity contribution in [2.45, 2.75) is 26.8 Å². The molecule has 0 spiro atoms. The van der Waals surface area contributed by atoms with Crippen molar-refractivity contribution < 1.29 is 14.7 Å². The first kappa shape index (κ1) is 14.2. The predicted octanol–water partition coefficient (Wildman–Crippen LogP) is 1.85. The third kappa shape index (κ3) is 2.69. The number of aryl methyl sites for hydroxylation is 2. The second-order valence-electron chi connectivity index (χ2n) is 4.29. The van der Waals surface area contributed by atoms with Gasteiger partial charge in [-0.2, -0.15) is 5.10 Å². The van der Waals surface area contributed by atoms with E-state index in [9.17, 15) is 9.59 Å². The highest BCUT2D eigenvalue weighted by Gasteiger charge is 2.21. The number of carbonyl (C=O) groups excluding carboxylic acids is 1. The number of carbonyl (C=O) groups is 2. The van der Waals surface area contributed by atoms with Gasteiger partial charge in [-0.25, -0.2) is 14.5 Å². The highest BCUT2D eigenvalue weighted by molar-refractivity contribution is 7.15. The van der Waals surface area contributed by atoms with Gasteiger partial charge in [-0.05, 0) is 26.8 Å². The topological polar surface area (TPSA) is 97.1 Å². The third-order valence-corrected chi connectivity index (χ3v) is 3.86. The molecule has 0 radical (unpaired) electrons. The minimum Gasteiger partial charge on any atom is -0.480 e. The summed E-state index contributed by atoms with van der Waals surface area (Å²) < 4.78 is 1.17. The van der Waals surface area contributed by atoms with Gasteiger partial charge in [-0.3, -0.25) is 10.1 Å². The number of aliphatic carboxylic acids is 1. The highest BCUT2D eigenvalue weighted by atomic mass is 32.1. The second kappa shape index (κ2) is 5.41. The number of carboxylic acids is 1. The number of nitrogens with one attached hydrogen (secondary N) is 1. The fourth-order valence-corrected chi connectivity index (χ4v) is 2.40. The van der Waals surface area contributed by atoms with Gasteiger partial charge < -0.3 is 5.11 Å². The number of anilines is 1. The zero-order valence-electron chi connectivity index (χ0n) is 11.2. The van der Waals surface area contributed by atoms with Crippen molar-refractivity contribution in [1.29, 1.82) is 0 Å². The second-order valence-corrected chi connectivity index (χ2v) is 5.49. The Morgan fingerprint density at radius 3 is 2.70 bits per heavy atom. The molecule has 2 aromatic heterocycles. The van der Waals surface area contributed by atoms with Gasteiger partial charge >= 0.3 is 5.97 Å². The molecule has 0 aliphatic rings. The van der Waals surface area contributed by atoms with E-state index in [1.165, 1.54) is 35.2 Å². The SMILES string of the molecule is Cc1nc(NC(=O)c2ccnn2C(C)C(=O)O)sc1C. The first-order chi connectivity index (χ1) is 9.40. The molecule has 1 amide bonds. The van der Waals surface area contributed by atoms with Gasteiger partial charge in [0.15, 0.2) is 5.13 Å². The monoisotopic (exact) mass is 294 g/mol. The van der Waals surface area contributed by atoms with Gasteiger partial charge in [0, 0.05) is 11.1 Å². The number of rotatable bonds is 4. The van der Waals surface area contributed by atoms with E-state index in [2.05, 4.69) is 15.4 Å². The molecule has 0 aromatic carbocycles. The Morgan fingerprint density at radius 1 is 1.45 bits per heavy atom. The van der Waals surface area contributed by atoms with Gasteiger partial charge in [0.25, 0.3) is 5.91 Å². The molecule has 20 heavy (non-hydrogen) atoms. The average molecular weight is 294 g/mol. The lowest BCUT2D eigenvalue weighted by Gasteiger charge is -2.10. The van der Waals surface area contributed by atoms with Crippen molar-refractivity contribution in [3.05, 3.63) is 28.5 Å². The molecular weight excluding hydrogens is 280 g/mol. The van der Waals surface area contributed by atoms with Crippen LogP contribution in [0.5, 0.6) is 0 Å². The van der Waals surface area contributed by atoms with Gasteiger partial charge in [0.05, 0.1) is 5.69 Å². The number of thiazole rings is 1. The van der Waals surface area contributed by atoms with Crippen molar-refractivity contribution in [1.82, 2.24) is 14.8 Å². The Bertz CT molecular complexity index is 642. The van der Waals surface area contributed by atoms with Crippen molar-refractivity contribution in [2.75, 3.05) is 5.32 Å². The fourth-order valence-electron chi connectivity index (χ4n) is 1.59. The number of amides is 1. The number of carboxylic acid groups (broad SMARTS) is 1. The van der Waals surface area contributed by atoms with E-state index in [-0.39, 0.29) is 5.69 Å². The quantitative estimate of drug-likeness (QED) is 0.897. The maximum atomic E-state index is 12.1. The van der Waals surface area contributed by atoms with Crippen molar-refractivity contribution in [3.63, 3.8) is 0 Å². The van der Waals surface area contributed by atoms with Gasteiger partial charge in [-0.1, -0.05) is 0 Å². The minimum atomic E-state index is -1.05. The van der Waals surface area contributed by atoms with Crippen molar-refractivity contribution in [3.8, 4) is 0 Å². The Hall–Kier alpha value is -2.22. The molecule has 0 bridgehead atoms. The smallest absolute Gasteiger partial charge is 0.328 e. The molecule has 2 rings (SSSR count). The van der Waals surface area contributed by atoms with E-state index in [0.717, 1.165) is 10.6 Å². The highest BCUT2D eigenvalue weighted by Crippen LogP contribution is 2.22. The Balaban J connectivity index is 2.22.